The fourth-order valence-electron chi connectivity index (χ4n) is 5.64. The van der Waals surface area contributed by atoms with Crippen molar-refractivity contribution in [3.8, 4) is 11.1 Å². The summed E-state index contributed by atoms with van der Waals surface area (Å²) in [5.41, 5.74) is 5.80. The van der Waals surface area contributed by atoms with E-state index in [0.717, 1.165) is 91.8 Å². The fourth-order valence-corrected chi connectivity index (χ4v) is 5.64. The normalized spacial score (nSPS) is 13.4. The molecule has 0 radical (unpaired) electrons. The summed E-state index contributed by atoms with van der Waals surface area (Å²) in [5, 5.41) is 0. The van der Waals surface area contributed by atoms with E-state index in [1.54, 1.807) is 17.0 Å². The van der Waals surface area contributed by atoms with Crippen LogP contribution in [0.3, 0.4) is 0 Å². The van der Waals surface area contributed by atoms with Gasteiger partial charge in [0.05, 0.1) is 5.56 Å². The molecule has 2 amide bonds. The van der Waals surface area contributed by atoms with E-state index in [0.29, 0.717) is 18.7 Å². The number of amides is 2. The largest absolute Gasteiger partial charge is 0.416 e. The van der Waals surface area contributed by atoms with Crippen molar-refractivity contribution in [2.75, 3.05) is 39.9 Å². The van der Waals surface area contributed by atoms with Crippen LogP contribution in [0, 0.1) is 5.82 Å². The van der Waals surface area contributed by atoms with Gasteiger partial charge in [0.1, 0.15) is 12.4 Å². The number of ether oxygens (including phenoxy) is 1. The standard InChI is InChI=1S/C23H29F3N2O2.C17H20FNO/c1-4-27(5-2)14-15-28(22(29)17-30-3)16-18-6-8-19(9-7-18)20-10-12-21(13-11-20)23(24,25)26;1-12-4-3-5-16(12)17(20)19-13(2)6-7-14-8-10-15(18)11-9-14/h6-13H,4-5,14-17H2,1-3H3;8-11H,3-7H2,1-2H3. The lowest BCUT2D eigenvalue weighted by Crippen LogP contribution is -2.39. The average molecular weight is 696 g/mol. The van der Waals surface area contributed by atoms with E-state index in [-0.39, 0.29) is 24.2 Å². The molecule has 1 aliphatic carbocycles. The summed E-state index contributed by atoms with van der Waals surface area (Å²) in [5.74, 6) is -0.369. The molecule has 1 aliphatic rings. The lowest BCUT2D eigenvalue weighted by Gasteiger charge is -2.26. The van der Waals surface area contributed by atoms with Crippen LogP contribution in [0.4, 0.5) is 17.6 Å². The van der Waals surface area contributed by atoms with Crippen molar-refractivity contribution in [2.24, 2.45) is 4.99 Å². The molecule has 0 spiro atoms. The molecule has 0 aromatic heterocycles. The van der Waals surface area contributed by atoms with Gasteiger partial charge in [0.15, 0.2) is 0 Å². The zero-order valence-electron chi connectivity index (χ0n) is 29.8. The molecule has 50 heavy (non-hydrogen) atoms. The van der Waals surface area contributed by atoms with Crippen molar-refractivity contribution < 1.29 is 31.9 Å². The minimum atomic E-state index is -4.34. The van der Waals surface area contributed by atoms with Crippen molar-refractivity contribution in [3.63, 3.8) is 0 Å². The predicted molar refractivity (Wildman–Crippen MR) is 191 cm³/mol. The molecule has 4 rings (SSSR count). The number of allylic oxidation sites excluding steroid dienone is 1. The predicted octanol–water partition coefficient (Wildman–Crippen LogP) is 8.94. The van der Waals surface area contributed by atoms with E-state index in [2.05, 4.69) is 23.7 Å². The Morgan fingerprint density at radius 1 is 0.840 bits per heavy atom. The highest BCUT2D eigenvalue weighted by Gasteiger charge is 2.30. The van der Waals surface area contributed by atoms with Crippen LogP contribution in [0.1, 0.15) is 70.1 Å². The molecule has 0 unspecified atom stereocenters. The zero-order chi connectivity index (χ0) is 36.7. The molecular weight excluding hydrogens is 646 g/mol. The van der Waals surface area contributed by atoms with Gasteiger partial charge in [-0.25, -0.2) is 9.38 Å². The Morgan fingerprint density at radius 3 is 1.94 bits per heavy atom. The van der Waals surface area contributed by atoms with Gasteiger partial charge in [0.25, 0.3) is 5.91 Å². The molecule has 0 bridgehead atoms. The maximum absolute atomic E-state index is 12.8. The highest BCUT2D eigenvalue weighted by molar-refractivity contribution is 6.03. The molecule has 0 saturated carbocycles. The first-order valence-electron chi connectivity index (χ1n) is 17.1. The third kappa shape index (κ3) is 12.9. The van der Waals surface area contributed by atoms with E-state index in [9.17, 15) is 27.2 Å². The van der Waals surface area contributed by atoms with Crippen LogP contribution in [0.5, 0.6) is 0 Å². The molecule has 3 aromatic carbocycles. The number of aliphatic imine (C=N–C) groups is 1. The van der Waals surface area contributed by atoms with Gasteiger partial charge in [-0.2, -0.15) is 13.2 Å². The van der Waals surface area contributed by atoms with Crippen LogP contribution in [0.25, 0.3) is 11.1 Å². The molecule has 3 aromatic rings. The highest BCUT2D eigenvalue weighted by atomic mass is 19.4. The summed E-state index contributed by atoms with van der Waals surface area (Å²) in [7, 11) is 1.50. The van der Waals surface area contributed by atoms with Gasteiger partial charge < -0.3 is 14.5 Å². The van der Waals surface area contributed by atoms with Crippen molar-refractivity contribution in [1.29, 1.82) is 0 Å². The van der Waals surface area contributed by atoms with E-state index < -0.39 is 11.7 Å². The zero-order valence-corrected chi connectivity index (χ0v) is 29.8. The first-order chi connectivity index (χ1) is 23.8. The van der Waals surface area contributed by atoms with E-state index in [1.165, 1.54) is 36.9 Å². The Morgan fingerprint density at radius 2 is 1.42 bits per heavy atom. The quantitative estimate of drug-likeness (QED) is 0.125. The van der Waals surface area contributed by atoms with E-state index in [4.69, 9.17) is 4.74 Å². The summed E-state index contributed by atoms with van der Waals surface area (Å²) in [6, 6.07) is 19.1. The molecule has 0 heterocycles. The maximum Gasteiger partial charge on any atom is 0.416 e. The Labute approximate surface area is 293 Å². The lowest BCUT2D eigenvalue weighted by molar-refractivity contribution is -0.137. The lowest BCUT2D eigenvalue weighted by atomic mass is 10.0. The Kier molecular flexibility index (Phi) is 16.0. The Hall–Kier alpha value is -4.15. The Bertz CT molecular complexity index is 1580. The monoisotopic (exact) mass is 695 g/mol. The smallest absolute Gasteiger partial charge is 0.375 e. The third-order valence-electron chi connectivity index (χ3n) is 8.81. The van der Waals surface area contributed by atoms with Gasteiger partial charge in [0, 0.05) is 38.0 Å². The molecule has 0 N–H and O–H groups in total. The van der Waals surface area contributed by atoms with Gasteiger partial charge >= 0.3 is 6.18 Å². The number of methoxy groups -OCH3 is 1. The molecule has 0 saturated heterocycles. The van der Waals surface area contributed by atoms with Gasteiger partial charge in [-0.3, -0.25) is 9.59 Å². The summed E-state index contributed by atoms with van der Waals surface area (Å²) >= 11 is 0. The van der Waals surface area contributed by atoms with E-state index in [1.807, 2.05) is 38.1 Å². The molecule has 0 fully saturated rings. The van der Waals surface area contributed by atoms with Crippen molar-refractivity contribution >= 4 is 17.5 Å². The van der Waals surface area contributed by atoms with Crippen LogP contribution in [-0.4, -0.2) is 67.2 Å². The number of alkyl halides is 3. The number of aryl methyl sites for hydroxylation is 1. The van der Waals surface area contributed by atoms with Crippen LogP contribution >= 0.6 is 0 Å². The first-order valence-corrected chi connectivity index (χ1v) is 17.1. The number of hydrogen-bond donors (Lipinski definition) is 0. The van der Waals surface area contributed by atoms with Crippen molar-refractivity contribution in [1.82, 2.24) is 9.80 Å². The number of halogens is 4. The van der Waals surface area contributed by atoms with Crippen LogP contribution < -0.4 is 0 Å². The maximum atomic E-state index is 12.8. The Balaban J connectivity index is 0.000000292. The second-order valence-corrected chi connectivity index (χ2v) is 12.4. The first kappa shape index (κ1) is 40.3. The van der Waals surface area contributed by atoms with Crippen molar-refractivity contribution in [2.45, 2.75) is 72.5 Å². The number of nitrogens with zero attached hydrogens (tertiary/aromatic N) is 3. The summed E-state index contributed by atoms with van der Waals surface area (Å²) in [6.45, 7) is 11.8. The topological polar surface area (TPSA) is 62.2 Å². The molecule has 10 heteroatoms. The number of hydrogen-bond acceptors (Lipinski definition) is 4. The summed E-state index contributed by atoms with van der Waals surface area (Å²) in [4.78, 5) is 32.7. The van der Waals surface area contributed by atoms with Crippen LogP contribution in [-0.2, 0) is 33.5 Å². The fraction of sp³-hybridized carbons (Fsp3) is 0.425. The summed E-state index contributed by atoms with van der Waals surface area (Å²) < 4.78 is 56.0. The minimum Gasteiger partial charge on any atom is -0.375 e. The number of likely N-dealkylation sites (N-methyl/N-ethyl adjacent to an activating group) is 1. The molecular formula is C40H49F4N3O3. The van der Waals surface area contributed by atoms with Gasteiger partial charge in [0.2, 0.25) is 5.91 Å². The number of carbonyl (C=O) groups is 2. The highest BCUT2D eigenvalue weighted by Crippen LogP contribution is 2.31. The van der Waals surface area contributed by atoms with Crippen LogP contribution in [0.15, 0.2) is 88.9 Å². The van der Waals surface area contributed by atoms with Crippen LogP contribution in [0.2, 0.25) is 0 Å². The number of carbonyl (C=O) groups excluding carboxylic acids is 2. The van der Waals surface area contributed by atoms with Gasteiger partial charge in [-0.15, -0.1) is 0 Å². The van der Waals surface area contributed by atoms with Gasteiger partial charge in [-0.05, 0) is 106 Å². The molecule has 6 nitrogen and oxygen atoms in total. The average Bonchev–Trinajstić information content (AvgIpc) is 3.54. The second kappa shape index (κ2) is 19.9. The third-order valence-corrected chi connectivity index (χ3v) is 8.81. The summed E-state index contributed by atoms with van der Waals surface area (Å²) in [6.07, 6.45) is 0.109. The minimum absolute atomic E-state index is 0.0297. The molecule has 0 atom stereocenters. The second-order valence-electron chi connectivity index (χ2n) is 12.4. The number of rotatable bonds is 14. The SMILES string of the molecule is CC(CCc1ccc(F)cc1)=NC(=O)C1=C(C)CCC1.CCN(CC)CCN(Cc1ccc(-c2ccc(C(F)(F)F)cc2)cc1)C(=O)COC. The molecule has 0 aliphatic heterocycles. The molecule has 270 valence electrons. The number of benzene rings is 3. The van der Waals surface area contributed by atoms with E-state index >= 15 is 0 Å². The van der Waals surface area contributed by atoms with Gasteiger partial charge in [-0.1, -0.05) is 68.0 Å². The van der Waals surface area contributed by atoms with Crippen molar-refractivity contribution in [3.05, 3.63) is 106 Å².